The summed E-state index contributed by atoms with van der Waals surface area (Å²) in [7, 11) is 10.3. The van der Waals surface area contributed by atoms with Crippen LogP contribution in [0, 0.1) is 21.3 Å². The van der Waals surface area contributed by atoms with Gasteiger partial charge in [0.15, 0.2) is 0 Å². The Labute approximate surface area is 788 Å². The number of carbonyl (C=O) groups is 2. The first-order valence-electron chi connectivity index (χ1n) is 27.7. The van der Waals surface area contributed by atoms with Gasteiger partial charge >= 0.3 is 209 Å². The number of nitrogen functional groups attached to an aromatic ring is 3. The second-order valence-electron chi connectivity index (χ2n) is 15.6. The Balaban J connectivity index is -0.0000000718. The zero-order chi connectivity index (χ0) is 78.2. The predicted molar refractivity (Wildman–Crippen MR) is 500 cm³/mol. The molecule has 1 unspecified atom stereocenters. The largest absolute Gasteiger partial charge is 1.00 e. The molecule has 14 N–H and O–H groups in total. The second-order valence-corrected chi connectivity index (χ2v) is 103. The summed E-state index contributed by atoms with van der Waals surface area (Å²) in [6, 6.07) is 0. The molecule has 5 heterocycles. The number of halogens is 16. The van der Waals surface area contributed by atoms with Crippen molar-refractivity contribution in [2.45, 2.75) is 139 Å². The van der Waals surface area contributed by atoms with Gasteiger partial charge in [-0.05, 0) is 120 Å². The average Bonchev–Trinajstić information content (AvgIpc) is 0.859. The van der Waals surface area contributed by atoms with Crippen LogP contribution in [0.2, 0.25) is 31.7 Å². The number of nitrogens with zero attached hydrogens (tertiary/aromatic N) is 17. The molecule has 1 amide bonds. The van der Waals surface area contributed by atoms with Crippen molar-refractivity contribution < 1.29 is 78.4 Å². The Morgan fingerprint density at radius 2 is 0.777 bits per heavy atom. The third-order valence-electron chi connectivity index (χ3n) is 7.37. The smallest absolute Gasteiger partial charge is 0.870 e. The van der Waals surface area contributed by atoms with Gasteiger partial charge in [-0.1, -0.05) is 99.8 Å². The molecule has 0 aliphatic rings. The van der Waals surface area contributed by atoms with Gasteiger partial charge in [0.2, 0.25) is 84.5 Å². The number of alkyl halides is 1. The van der Waals surface area contributed by atoms with E-state index in [4.69, 9.17) is 114 Å². The van der Waals surface area contributed by atoms with Crippen molar-refractivity contribution in [3.05, 3.63) is 53.0 Å². The fourth-order valence-corrected chi connectivity index (χ4v) is 4.51. The van der Waals surface area contributed by atoms with E-state index in [0.29, 0.717) is 45.6 Å². The summed E-state index contributed by atoms with van der Waals surface area (Å²) in [6.45, 7) is 29.8. The van der Waals surface area contributed by atoms with Gasteiger partial charge < -0.3 is 70.5 Å². The first kappa shape index (κ1) is 139. The molecule has 0 aliphatic carbocycles. The maximum atomic E-state index is 11.0. The molecular weight excluding hydrogens is 2640 g/mol. The predicted octanol–water partition coefficient (Wildman–Crippen LogP) is 16.0. The monoisotopic (exact) mass is 2740 g/mol. The van der Waals surface area contributed by atoms with Crippen LogP contribution in [0.15, 0.2) is 0 Å². The van der Waals surface area contributed by atoms with Crippen LogP contribution in [-0.2, 0) is 43.4 Å². The van der Waals surface area contributed by atoms with Crippen molar-refractivity contribution in [2.75, 3.05) is 117 Å². The third-order valence-corrected chi connectivity index (χ3v) is 9.54. The SMILES string of the molecule is C.C.CCC(=O)Cl.CCC(C)I.CCCN.CCCNc1nc(N)nc(Cl)n1.CCCNc1nc(N)nc(N(C)OC)n1.CCCNc1nc(NC(C)=O)nc(N(C)OC)n1.CNOC.Clc1nc(Cl)nc(Cl)n1.Nc1nc(Cl)nc(Cl)n1.[CH2-]CC.[CH2-]CC.[CH3-].[I][V]([I])[I].[I][V]([I])[I].[I][V][I].[Na+].[OH-]. The van der Waals surface area contributed by atoms with Crippen LogP contribution in [0.5, 0.6) is 0 Å². The molecular formula is C51H102Cl7I9N26NaO6V3-3. The maximum absolute atomic E-state index is 11.0. The van der Waals surface area contributed by atoms with Gasteiger partial charge in [-0.25, -0.2) is 15.6 Å². The number of carbonyl (C=O) groups excluding carboxylic acids is 2. The van der Waals surface area contributed by atoms with E-state index in [1.807, 2.05) is 27.7 Å². The Morgan fingerprint density at radius 1 is 0.553 bits per heavy atom. The number of aromatic nitrogens is 15. The van der Waals surface area contributed by atoms with Gasteiger partial charge in [-0.3, -0.25) is 24.6 Å². The standard InChI is InChI=1S/C10H18N6O2.C8H16N6O.C6H10ClN5.C4H9I.C3Cl3N3.C3H2Cl2N4.C3H5ClO.C3H9N.2C3H7.C2H7NO.2CH4.CH3.8HI.Na.H2O.3V/c1-5-6-11-8-13-9(12-7(2)17)15-10(14-8)16(3)18-4;1-4-5-10-7-11-6(9)12-8(13-7)14(2)15-3;1-2-3-9-6-11-4(7)10-5(8)12-6;1-3-4(2)5;2*4-1-7-2(5)9-3(6)8-1;1-2-3(4)5;1-2-3-4;2*1-3-2;1-3-4-2;;;;;;;;;;;;;;;;/h5-6H2,1-4H3,(H2,11,12,13,14,15,17);4-5H2,1-3H3,(H3,9,10,11,12,13);2-3H2,1H3,(H3,8,9,10,11,12);4H,3H2,1-2H3;;(H2,6,7,8,9);2H2,1H3;2-4H2,1H3;2*1,3H2,2H3;3H,1-2H3;2*1H4;1H3;8*1H;;1H2;;;/q;;;;;;;;2*-1;;;;-1;;;;;;;;;+1;;+2;2*+3/p-9. The van der Waals surface area contributed by atoms with Gasteiger partial charge in [0.25, 0.3) is 11.9 Å². The van der Waals surface area contributed by atoms with Crippen LogP contribution < -0.4 is 89.4 Å². The minimum absolute atomic E-state index is 0. The summed E-state index contributed by atoms with van der Waals surface area (Å²) >= 11 is 58.9. The number of amides is 1. The number of hydroxylamine groups is 3. The Morgan fingerprint density at radius 3 is 0.990 bits per heavy atom. The summed E-state index contributed by atoms with van der Waals surface area (Å²) in [5.74, 6) is 2.25. The van der Waals surface area contributed by atoms with E-state index in [2.05, 4.69) is 330 Å². The van der Waals surface area contributed by atoms with E-state index in [0.717, 1.165) is 68.6 Å². The topological polar surface area (TPSA) is 456 Å². The summed E-state index contributed by atoms with van der Waals surface area (Å²) in [5.41, 5.74) is 23.5. The van der Waals surface area contributed by atoms with Crippen LogP contribution in [0.4, 0.5) is 53.5 Å². The zero-order valence-corrected chi connectivity index (χ0v) is 90.2. The Bertz CT molecular complexity index is 2460. The first-order chi connectivity index (χ1) is 45.9. The quantitative estimate of drug-likeness (QED) is 0.00982. The molecule has 0 saturated heterocycles. The van der Waals surface area contributed by atoms with E-state index < -0.39 is 0 Å². The average molecular weight is 2740 g/mol. The fraction of sp³-hybridized carbons (Fsp3) is 0.608. The van der Waals surface area contributed by atoms with Crippen LogP contribution >= 0.6 is 264 Å². The molecule has 5 aromatic rings. The van der Waals surface area contributed by atoms with Crippen molar-refractivity contribution in [3.8, 4) is 0 Å². The molecule has 0 spiro atoms. The maximum Gasteiger partial charge on any atom is 1.00 e. The van der Waals surface area contributed by atoms with Crippen molar-refractivity contribution >= 4 is 328 Å². The molecule has 1 atom stereocenters. The zero-order valence-electron chi connectivity index (χ0n) is 59.3. The number of nitrogens with two attached hydrogens (primary N) is 4. The third kappa shape index (κ3) is 119. The van der Waals surface area contributed by atoms with E-state index in [9.17, 15) is 9.59 Å². The minimum atomic E-state index is -0.278. The normalized spacial score (nSPS) is 8.90. The Kier molecular flexibility index (Phi) is 140. The van der Waals surface area contributed by atoms with Crippen molar-refractivity contribution in [2.24, 2.45) is 5.73 Å². The number of rotatable bonds is 18. The van der Waals surface area contributed by atoms with Gasteiger partial charge in [-0.15, -0.1) is 0 Å². The van der Waals surface area contributed by atoms with E-state index >= 15 is 0 Å². The van der Waals surface area contributed by atoms with E-state index in [1.165, 1.54) is 37.7 Å². The summed E-state index contributed by atoms with van der Waals surface area (Å²) in [5, 5.41) is 14.2. The molecule has 5 aromatic heterocycles. The molecule has 0 aliphatic heterocycles. The molecule has 103 heavy (non-hydrogen) atoms. The van der Waals surface area contributed by atoms with E-state index in [1.54, 1.807) is 35.2 Å². The number of hydrogen-bond donors (Lipinski definition) is 9. The Hall–Kier alpha value is 3.70. The molecule has 0 fully saturated rings. The summed E-state index contributed by atoms with van der Waals surface area (Å²) in [4.78, 5) is 90.6. The van der Waals surface area contributed by atoms with Crippen LogP contribution in [0.25, 0.3) is 0 Å². The first-order valence-corrected chi connectivity index (χ1v) is 67.7. The molecule has 0 bridgehead atoms. The van der Waals surface area contributed by atoms with Gasteiger partial charge in [0.1, 0.15) is 0 Å². The van der Waals surface area contributed by atoms with Gasteiger partial charge in [0.05, 0.1) is 21.3 Å². The van der Waals surface area contributed by atoms with Crippen LogP contribution in [0.1, 0.15) is 135 Å². The van der Waals surface area contributed by atoms with Crippen LogP contribution in [-0.4, -0.2) is 164 Å². The number of nitrogens with one attached hydrogen (secondary N) is 5. The van der Waals surface area contributed by atoms with Crippen molar-refractivity contribution in [1.82, 2.24) is 80.2 Å². The van der Waals surface area contributed by atoms with Gasteiger partial charge in [-0.2, -0.15) is 87.6 Å². The van der Waals surface area contributed by atoms with E-state index in [-0.39, 0.29) is 134 Å². The molecule has 603 valence electrons. The molecule has 5 rings (SSSR count). The van der Waals surface area contributed by atoms with Crippen LogP contribution in [0.3, 0.4) is 0 Å². The molecule has 0 saturated carbocycles. The fourth-order valence-electron chi connectivity index (χ4n) is 3.36. The molecule has 0 aromatic carbocycles. The minimum Gasteiger partial charge on any atom is -0.870 e. The molecule has 52 heteroatoms. The second kappa shape index (κ2) is 104. The van der Waals surface area contributed by atoms with Crippen molar-refractivity contribution in [3.63, 3.8) is 0 Å². The molecule has 0 radical (unpaired) electrons. The number of anilines is 9. The molecule has 32 nitrogen and oxygen atoms in total. The van der Waals surface area contributed by atoms with Crippen molar-refractivity contribution in [1.29, 1.82) is 0 Å². The number of hydrogen-bond acceptors (Lipinski definition) is 31. The summed E-state index contributed by atoms with van der Waals surface area (Å²) < 4.78 is 0.854. The van der Waals surface area contributed by atoms with Gasteiger partial charge in [0, 0.05) is 58.0 Å². The summed E-state index contributed by atoms with van der Waals surface area (Å²) in [6.07, 6.45) is 7.74.